The van der Waals surface area contributed by atoms with E-state index in [1.54, 1.807) is 6.08 Å². The van der Waals surface area contributed by atoms with Crippen LogP contribution >= 0.6 is 7.82 Å². The molecule has 56 heavy (non-hydrogen) atoms. The fraction of sp³-hybridized carbons (Fsp3) is 0.795. The molecule has 320 valence electrons. The fourth-order valence-electron chi connectivity index (χ4n) is 6.41. The summed E-state index contributed by atoms with van der Waals surface area (Å²) in [5.41, 5.74) is 0.711. The van der Waals surface area contributed by atoms with Gasteiger partial charge in [-0.1, -0.05) is 110 Å². The molecule has 0 amide bonds. The maximum absolute atomic E-state index is 12.8. The van der Waals surface area contributed by atoms with Crippen molar-refractivity contribution in [2.45, 2.75) is 173 Å². The summed E-state index contributed by atoms with van der Waals surface area (Å²) < 4.78 is 39.7. The minimum absolute atomic E-state index is 0.0136. The maximum atomic E-state index is 12.8. The summed E-state index contributed by atoms with van der Waals surface area (Å²) in [5.74, 6) is 5.38. The highest BCUT2D eigenvalue weighted by atomic mass is 31.2. The van der Waals surface area contributed by atoms with Crippen molar-refractivity contribution in [1.82, 2.24) is 0 Å². The second-order valence-corrected chi connectivity index (χ2v) is 17.8. The molecule has 2 aliphatic rings. The van der Waals surface area contributed by atoms with Crippen LogP contribution in [0.5, 0.6) is 0 Å². The van der Waals surface area contributed by atoms with Crippen molar-refractivity contribution in [3.8, 4) is 11.8 Å². The third-order valence-electron chi connectivity index (χ3n) is 9.99. The molecule has 0 spiro atoms. The Bertz CT molecular complexity index is 1310. The molecule has 0 radical (unpaired) electrons. The lowest BCUT2D eigenvalue weighted by Gasteiger charge is -2.28. The van der Waals surface area contributed by atoms with Gasteiger partial charge >= 0.3 is 11.9 Å². The third kappa shape index (κ3) is 25.1. The number of ether oxygens (including phenoxy) is 3. The van der Waals surface area contributed by atoms with E-state index in [2.05, 4.69) is 25.7 Å². The number of rotatable bonds is 33. The zero-order chi connectivity index (χ0) is 41.1. The van der Waals surface area contributed by atoms with Gasteiger partial charge in [-0.3, -0.25) is 18.9 Å². The molecule has 1 aliphatic heterocycles. The van der Waals surface area contributed by atoms with Gasteiger partial charge in [-0.2, -0.15) is 0 Å². The minimum atomic E-state index is -4.68. The monoisotopic (exact) mass is 808 g/mol. The summed E-state index contributed by atoms with van der Waals surface area (Å²) in [5, 5.41) is 0. The number of phosphoric acid groups is 1. The molecule has 2 rings (SSSR count). The van der Waals surface area contributed by atoms with Crippen molar-refractivity contribution in [2.75, 3.05) is 47.5 Å². The van der Waals surface area contributed by atoms with Crippen molar-refractivity contribution in [3.63, 3.8) is 0 Å². The molecule has 11 nitrogen and oxygen atoms in total. The predicted molar refractivity (Wildman–Crippen MR) is 218 cm³/mol. The van der Waals surface area contributed by atoms with Crippen LogP contribution < -0.4 is 4.89 Å². The van der Waals surface area contributed by atoms with Crippen LogP contribution in [0.15, 0.2) is 23.8 Å². The van der Waals surface area contributed by atoms with Crippen LogP contribution in [0.4, 0.5) is 0 Å². The predicted octanol–water partition coefficient (Wildman–Crippen LogP) is 8.72. The molecule has 1 fully saturated rings. The Morgan fingerprint density at radius 1 is 0.839 bits per heavy atom. The summed E-state index contributed by atoms with van der Waals surface area (Å²) >= 11 is 0. The minimum Gasteiger partial charge on any atom is -0.756 e. The highest BCUT2D eigenvalue weighted by molar-refractivity contribution is 7.45. The highest BCUT2D eigenvalue weighted by Crippen LogP contribution is 2.38. The first-order valence-corrected chi connectivity index (χ1v) is 23.1. The van der Waals surface area contributed by atoms with Crippen molar-refractivity contribution < 1.29 is 51.6 Å². The Kier molecular flexibility index (Phi) is 25.8. The largest absolute Gasteiger partial charge is 0.756 e. The standard InChI is InChI=1S/C44H74NO10P/c1-6-8-10-12-14-15-16-17-18-19-20-22-24-28-43(47)51-35-38(36-53-56(49,50)52-33-32-45(3,4)5)54-44(48)29-25-27-41-42(55-41)34-39-37(30-31-40(39)46)26-23-21-13-11-9-7-2/h30-31,34,37-38,41-42H,6-20,22,24-29,32-33,35-36H2,1-5H3/b39-34-/t37-,38+,41+,42+/m0/s1. The average Bonchev–Trinajstić information content (AvgIpc) is 3.80. The number of unbranched alkanes of at least 4 members (excludes halogenated alkanes) is 15. The van der Waals surface area contributed by atoms with Crippen molar-refractivity contribution in [1.29, 1.82) is 0 Å². The third-order valence-corrected chi connectivity index (χ3v) is 11.0. The van der Waals surface area contributed by atoms with Crippen LogP contribution in [0.3, 0.4) is 0 Å². The Morgan fingerprint density at radius 2 is 1.45 bits per heavy atom. The first kappa shape index (κ1) is 49.8. The first-order valence-electron chi connectivity index (χ1n) is 21.6. The van der Waals surface area contributed by atoms with Crippen molar-refractivity contribution >= 4 is 25.5 Å². The van der Waals surface area contributed by atoms with E-state index < -0.39 is 32.5 Å². The van der Waals surface area contributed by atoms with E-state index in [0.717, 1.165) is 38.5 Å². The first-order chi connectivity index (χ1) is 26.8. The quantitative estimate of drug-likeness (QED) is 0.0120. The van der Waals surface area contributed by atoms with Crippen LogP contribution in [0, 0.1) is 17.8 Å². The number of esters is 2. The second-order valence-electron chi connectivity index (χ2n) is 16.4. The second kappa shape index (κ2) is 29.0. The lowest BCUT2D eigenvalue weighted by Crippen LogP contribution is -2.37. The molecule has 0 aromatic heterocycles. The van der Waals surface area contributed by atoms with Crippen LogP contribution in [-0.2, 0) is 42.2 Å². The molecule has 0 bridgehead atoms. The van der Waals surface area contributed by atoms with Gasteiger partial charge in [-0.25, -0.2) is 0 Å². The fourth-order valence-corrected chi connectivity index (χ4v) is 7.14. The SMILES string of the molecule is CCCCCC#CC[C@H]1C=CC(=O)/C1=C\[C@H]1O[C@@H]1CCCC(=O)O[C@H](COC(=O)CCCCCCCCCCCCCCC)COP(=O)([O-])OCC[N+](C)(C)C. The molecule has 1 saturated heterocycles. The molecular formula is C44H74NO10P. The number of carbonyl (C=O) groups excluding carboxylic acids is 3. The smallest absolute Gasteiger partial charge is 0.306 e. The molecule has 1 heterocycles. The van der Waals surface area contributed by atoms with Gasteiger partial charge < -0.3 is 32.6 Å². The summed E-state index contributed by atoms with van der Waals surface area (Å²) in [6.45, 7) is 3.92. The normalized spacial score (nSPS) is 20.1. The van der Waals surface area contributed by atoms with Gasteiger partial charge in [0.25, 0.3) is 7.82 Å². The zero-order valence-corrected chi connectivity index (χ0v) is 36.3. The number of ketones is 1. The number of epoxide rings is 1. The van der Waals surface area contributed by atoms with E-state index in [-0.39, 0.29) is 50.0 Å². The number of hydrogen-bond donors (Lipinski definition) is 0. The van der Waals surface area contributed by atoms with E-state index in [4.69, 9.17) is 23.3 Å². The van der Waals surface area contributed by atoms with E-state index in [1.165, 1.54) is 64.2 Å². The number of quaternary nitrogens is 1. The maximum Gasteiger partial charge on any atom is 0.306 e. The number of carbonyl (C=O) groups is 3. The molecule has 0 N–H and O–H groups in total. The molecule has 12 heteroatoms. The summed E-state index contributed by atoms with van der Waals surface area (Å²) in [6.07, 6.45) is 25.8. The summed E-state index contributed by atoms with van der Waals surface area (Å²) in [7, 11) is 1.04. The van der Waals surface area contributed by atoms with Crippen molar-refractivity contribution in [2.24, 2.45) is 5.92 Å². The van der Waals surface area contributed by atoms with E-state index >= 15 is 0 Å². The molecule has 1 aliphatic carbocycles. The lowest BCUT2D eigenvalue weighted by molar-refractivity contribution is -0.870. The van der Waals surface area contributed by atoms with E-state index in [9.17, 15) is 23.8 Å². The van der Waals surface area contributed by atoms with Gasteiger partial charge in [0.05, 0.1) is 33.9 Å². The summed E-state index contributed by atoms with van der Waals surface area (Å²) in [4.78, 5) is 50.3. The van der Waals surface area contributed by atoms with Crippen LogP contribution in [0.25, 0.3) is 0 Å². The Labute approximate surface area is 338 Å². The Balaban J connectivity index is 1.74. The number of phosphoric ester groups is 1. The van der Waals surface area contributed by atoms with Crippen LogP contribution in [0.1, 0.15) is 155 Å². The number of likely N-dealkylation sites (N-methyl/N-ethyl adjacent to an activating group) is 1. The van der Waals surface area contributed by atoms with Gasteiger partial charge in [0, 0.05) is 37.2 Å². The lowest BCUT2D eigenvalue weighted by atomic mass is 9.96. The van der Waals surface area contributed by atoms with Crippen LogP contribution in [-0.4, -0.2) is 88.0 Å². The molecule has 0 aromatic carbocycles. The highest BCUT2D eigenvalue weighted by Gasteiger charge is 2.38. The topological polar surface area (TPSA) is 141 Å². The Morgan fingerprint density at radius 3 is 2.09 bits per heavy atom. The van der Waals surface area contributed by atoms with Gasteiger partial charge in [0.15, 0.2) is 11.9 Å². The number of allylic oxidation sites excluding steroid dienone is 3. The van der Waals surface area contributed by atoms with E-state index in [0.29, 0.717) is 42.3 Å². The molecular weight excluding hydrogens is 733 g/mol. The molecule has 0 aromatic rings. The van der Waals surface area contributed by atoms with Gasteiger partial charge in [0.2, 0.25) is 0 Å². The van der Waals surface area contributed by atoms with Gasteiger partial charge in [-0.05, 0) is 37.8 Å². The Hall–Kier alpha value is -2.32. The number of hydrogen-bond acceptors (Lipinski definition) is 10. The average molecular weight is 808 g/mol. The number of nitrogens with zero attached hydrogens (tertiary/aromatic N) is 1. The summed E-state index contributed by atoms with van der Waals surface area (Å²) in [6, 6.07) is 0. The molecule has 0 saturated carbocycles. The van der Waals surface area contributed by atoms with Crippen molar-refractivity contribution in [3.05, 3.63) is 23.8 Å². The van der Waals surface area contributed by atoms with Gasteiger partial charge in [-0.15, -0.1) is 11.8 Å². The zero-order valence-electron chi connectivity index (χ0n) is 35.4. The van der Waals surface area contributed by atoms with Crippen LogP contribution in [0.2, 0.25) is 0 Å². The van der Waals surface area contributed by atoms with Gasteiger partial charge in [0.1, 0.15) is 25.9 Å². The molecule has 1 unspecified atom stereocenters. The van der Waals surface area contributed by atoms with E-state index in [1.807, 2.05) is 33.3 Å². The molecule has 5 atom stereocenters.